The average Bonchev–Trinajstić information content (AvgIpc) is 2.92. The normalized spacial score (nSPS) is 11.1. The van der Waals surface area contributed by atoms with Gasteiger partial charge in [0, 0.05) is 5.56 Å². The summed E-state index contributed by atoms with van der Waals surface area (Å²) in [4.78, 5) is 11.9. The molecule has 0 bridgehead atoms. The lowest BCUT2D eigenvalue weighted by Gasteiger charge is -2.01. The number of hydrogen-bond donors (Lipinski definition) is 2. The van der Waals surface area contributed by atoms with Crippen molar-refractivity contribution < 1.29 is 9.90 Å². The molecule has 1 heterocycles. The van der Waals surface area contributed by atoms with Gasteiger partial charge in [0.2, 0.25) is 0 Å². The monoisotopic (exact) mass is 295 g/mol. The number of para-hydroxylation sites is 2. The minimum Gasteiger partial charge on any atom is -0.507 e. The van der Waals surface area contributed by atoms with E-state index in [9.17, 15) is 9.90 Å². The van der Waals surface area contributed by atoms with Crippen molar-refractivity contribution in [2.45, 2.75) is 6.54 Å². The summed E-state index contributed by atoms with van der Waals surface area (Å²) in [7, 11) is 0. The lowest BCUT2D eigenvalue weighted by Crippen LogP contribution is -2.23. The van der Waals surface area contributed by atoms with Crippen molar-refractivity contribution in [3.8, 4) is 5.75 Å². The first-order valence-electron chi connectivity index (χ1n) is 6.62. The van der Waals surface area contributed by atoms with Gasteiger partial charge in [0.05, 0.1) is 11.7 Å². The van der Waals surface area contributed by atoms with E-state index in [0.717, 1.165) is 11.0 Å². The Morgan fingerprint density at radius 3 is 2.86 bits per heavy atom. The van der Waals surface area contributed by atoms with Crippen LogP contribution in [0, 0.1) is 0 Å². The highest BCUT2D eigenvalue weighted by atomic mass is 16.3. The zero-order valence-electron chi connectivity index (χ0n) is 11.5. The van der Waals surface area contributed by atoms with Crippen LogP contribution in [0.25, 0.3) is 11.0 Å². The molecule has 3 rings (SSSR count). The molecule has 2 aromatic carbocycles. The summed E-state index contributed by atoms with van der Waals surface area (Å²) in [5, 5.41) is 21.3. The van der Waals surface area contributed by atoms with E-state index in [0.29, 0.717) is 5.56 Å². The van der Waals surface area contributed by atoms with Crippen LogP contribution < -0.4 is 5.43 Å². The van der Waals surface area contributed by atoms with Crippen LogP contribution >= 0.6 is 0 Å². The van der Waals surface area contributed by atoms with Gasteiger partial charge in [-0.3, -0.25) is 4.79 Å². The Hall–Kier alpha value is -3.22. The second-order valence-corrected chi connectivity index (χ2v) is 4.59. The zero-order chi connectivity index (χ0) is 15.4. The SMILES string of the molecule is O=C(Cn1nnc2ccccc21)NN=Cc1ccccc1O. The van der Waals surface area contributed by atoms with E-state index in [1.165, 1.54) is 10.9 Å². The highest BCUT2D eigenvalue weighted by molar-refractivity contribution is 5.85. The molecule has 1 amide bonds. The first-order chi connectivity index (χ1) is 10.7. The summed E-state index contributed by atoms with van der Waals surface area (Å²) in [6.07, 6.45) is 1.38. The van der Waals surface area contributed by atoms with Crippen molar-refractivity contribution in [2.24, 2.45) is 5.10 Å². The molecule has 22 heavy (non-hydrogen) atoms. The number of hydrazone groups is 1. The molecule has 7 nitrogen and oxygen atoms in total. The number of benzene rings is 2. The number of carbonyl (C=O) groups is 1. The van der Waals surface area contributed by atoms with Crippen LogP contribution in [-0.4, -0.2) is 32.2 Å². The molecule has 1 aromatic heterocycles. The number of nitrogens with one attached hydrogen (secondary N) is 1. The predicted octanol–water partition coefficient (Wildman–Crippen LogP) is 1.29. The van der Waals surface area contributed by atoms with Crippen LogP contribution in [0.3, 0.4) is 0 Å². The molecule has 2 N–H and O–H groups in total. The first-order valence-corrected chi connectivity index (χ1v) is 6.62. The minimum atomic E-state index is -0.331. The number of hydrogen-bond acceptors (Lipinski definition) is 5. The van der Waals surface area contributed by atoms with E-state index >= 15 is 0 Å². The number of rotatable bonds is 4. The van der Waals surface area contributed by atoms with Crippen molar-refractivity contribution in [2.75, 3.05) is 0 Å². The Labute approximate surface area is 125 Å². The zero-order valence-corrected chi connectivity index (χ0v) is 11.5. The van der Waals surface area contributed by atoms with E-state index < -0.39 is 0 Å². The molecule has 0 fully saturated rings. The van der Waals surface area contributed by atoms with Crippen LogP contribution in [0.4, 0.5) is 0 Å². The van der Waals surface area contributed by atoms with Gasteiger partial charge in [0.15, 0.2) is 0 Å². The molecule has 0 saturated heterocycles. The fourth-order valence-corrected chi connectivity index (χ4v) is 1.98. The molecule has 0 aliphatic heterocycles. The second kappa shape index (κ2) is 6.04. The van der Waals surface area contributed by atoms with Crippen LogP contribution in [-0.2, 0) is 11.3 Å². The van der Waals surface area contributed by atoms with E-state index in [-0.39, 0.29) is 18.2 Å². The highest BCUT2D eigenvalue weighted by Crippen LogP contribution is 2.12. The topological polar surface area (TPSA) is 92.4 Å². The third kappa shape index (κ3) is 2.93. The van der Waals surface area contributed by atoms with E-state index in [1.54, 1.807) is 24.3 Å². The average molecular weight is 295 g/mol. The molecule has 7 heteroatoms. The van der Waals surface area contributed by atoms with Gasteiger partial charge in [-0.15, -0.1) is 5.10 Å². The summed E-state index contributed by atoms with van der Waals surface area (Å²) in [5.74, 6) is -0.231. The predicted molar refractivity (Wildman–Crippen MR) is 81.4 cm³/mol. The first kappa shape index (κ1) is 13.7. The quantitative estimate of drug-likeness (QED) is 0.560. The van der Waals surface area contributed by atoms with Gasteiger partial charge in [0.1, 0.15) is 17.8 Å². The largest absolute Gasteiger partial charge is 0.507 e. The van der Waals surface area contributed by atoms with Crippen LogP contribution in [0.2, 0.25) is 0 Å². The lowest BCUT2D eigenvalue weighted by molar-refractivity contribution is -0.121. The van der Waals surface area contributed by atoms with Crippen LogP contribution in [0.5, 0.6) is 5.75 Å². The Morgan fingerprint density at radius 1 is 1.23 bits per heavy atom. The maximum absolute atomic E-state index is 11.9. The van der Waals surface area contributed by atoms with Crippen molar-refractivity contribution in [1.82, 2.24) is 20.4 Å². The summed E-state index contributed by atoms with van der Waals surface area (Å²) in [5.41, 5.74) is 4.42. The number of amides is 1. The summed E-state index contributed by atoms with van der Waals surface area (Å²) in [6, 6.07) is 14.1. The number of nitrogens with zero attached hydrogens (tertiary/aromatic N) is 4. The molecule has 0 atom stereocenters. The molecular weight excluding hydrogens is 282 g/mol. The van der Waals surface area contributed by atoms with Crippen LogP contribution in [0.15, 0.2) is 53.6 Å². The fourth-order valence-electron chi connectivity index (χ4n) is 1.98. The fraction of sp³-hybridized carbons (Fsp3) is 0.0667. The van der Waals surface area contributed by atoms with Crippen molar-refractivity contribution >= 4 is 23.2 Å². The van der Waals surface area contributed by atoms with Gasteiger partial charge in [-0.1, -0.05) is 29.5 Å². The molecule has 0 spiro atoms. The van der Waals surface area contributed by atoms with Crippen molar-refractivity contribution in [1.29, 1.82) is 0 Å². The van der Waals surface area contributed by atoms with E-state index in [1.807, 2.05) is 24.3 Å². The summed E-state index contributed by atoms with van der Waals surface area (Å²) in [6.45, 7) is 0.0125. The number of fused-ring (bicyclic) bond motifs is 1. The second-order valence-electron chi connectivity index (χ2n) is 4.59. The molecule has 0 aliphatic carbocycles. The standard InChI is InChI=1S/C15H13N5O2/c21-14-8-4-1-5-11(14)9-16-18-15(22)10-20-13-7-3-2-6-12(13)17-19-20/h1-9,21H,10H2,(H,18,22). The third-order valence-electron chi connectivity index (χ3n) is 3.04. The maximum atomic E-state index is 11.9. The van der Waals surface area contributed by atoms with Crippen LogP contribution in [0.1, 0.15) is 5.56 Å². The maximum Gasteiger partial charge on any atom is 0.261 e. The van der Waals surface area contributed by atoms with E-state index in [2.05, 4.69) is 20.8 Å². The lowest BCUT2D eigenvalue weighted by atomic mass is 10.2. The molecule has 110 valence electrons. The molecule has 0 radical (unpaired) electrons. The van der Waals surface area contributed by atoms with E-state index in [4.69, 9.17) is 0 Å². The number of aromatic nitrogens is 3. The van der Waals surface area contributed by atoms with Gasteiger partial charge < -0.3 is 5.11 Å². The Bertz CT molecular complexity index is 841. The van der Waals surface area contributed by atoms with Crippen molar-refractivity contribution in [3.63, 3.8) is 0 Å². The number of carbonyl (C=O) groups excluding carboxylic acids is 1. The Morgan fingerprint density at radius 2 is 2.00 bits per heavy atom. The van der Waals surface area contributed by atoms with Crippen molar-refractivity contribution in [3.05, 3.63) is 54.1 Å². The third-order valence-corrected chi connectivity index (χ3v) is 3.04. The smallest absolute Gasteiger partial charge is 0.261 e. The molecule has 3 aromatic rings. The summed E-state index contributed by atoms with van der Waals surface area (Å²) < 4.78 is 1.50. The highest BCUT2D eigenvalue weighted by Gasteiger charge is 2.07. The summed E-state index contributed by atoms with van der Waals surface area (Å²) >= 11 is 0. The van der Waals surface area contributed by atoms with Gasteiger partial charge in [0.25, 0.3) is 5.91 Å². The van der Waals surface area contributed by atoms with Gasteiger partial charge in [-0.05, 0) is 24.3 Å². The molecule has 0 unspecified atom stereocenters. The van der Waals surface area contributed by atoms with Gasteiger partial charge >= 0.3 is 0 Å². The van der Waals surface area contributed by atoms with Gasteiger partial charge in [-0.2, -0.15) is 5.10 Å². The number of aromatic hydroxyl groups is 1. The number of phenols is 1. The Balaban J connectivity index is 1.65. The molecule has 0 aliphatic rings. The number of phenolic OH excluding ortho intramolecular Hbond substituents is 1. The Kier molecular flexibility index (Phi) is 3.78. The van der Waals surface area contributed by atoms with Gasteiger partial charge in [-0.25, -0.2) is 10.1 Å². The molecular formula is C15H13N5O2. The molecule has 0 saturated carbocycles. The minimum absolute atomic E-state index is 0.0125.